The van der Waals surface area contributed by atoms with Gasteiger partial charge in [-0.3, -0.25) is 14.8 Å². The van der Waals surface area contributed by atoms with Gasteiger partial charge in [0.25, 0.3) is 0 Å². The number of nitrogens with zero attached hydrogens (tertiary/aromatic N) is 2. The third-order valence-electron chi connectivity index (χ3n) is 3.21. The largest absolute Gasteiger partial charge is 0.492 e. The monoisotopic (exact) mass is 341 g/mol. The van der Waals surface area contributed by atoms with Crippen molar-refractivity contribution in [1.82, 2.24) is 10.3 Å². The summed E-state index contributed by atoms with van der Waals surface area (Å²) in [5.74, 6) is 0.943. The standard InChI is InChI=1S/C18H23N5O2/c1-14(24)23-16-6-4-7-17(13-16)25-12-11-22-18(19)21-10-8-15-5-2-3-9-20-15/h2-7,9,13H,8,10-12H2,1H3,(H,23,24)(H3,19,21,22). The fourth-order valence-corrected chi connectivity index (χ4v) is 2.11. The number of guanidine groups is 1. The lowest BCUT2D eigenvalue weighted by atomic mass is 10.3. The number of amides is 1. The Morgan fingerprint density at radius 1 is 1.28 bits per heavy atom. The van der Waals surface area contributed by atoms with Crippen LogP contribution in [-0.2, 0) is 11.2 Å². The van der Waals surface area contributed by atoms with Crippen LogP contribution in [0.3, 0.4) is 0 Å². The number of nitrogens with two attached hydrogens (primary N) is 1. The molecule has 2 rings (SSSR count). The second-order valence-electron chi connectivity index (χ2n) is 5.32. The Kier molecular flexibility index (Phi) is 7.24. The lowest BCUT2D eigenvalue weighted by Gasteiger charge is -2.09. The number of rotatable bonds is 8. The minimum absolute atomic E-state index is 0.117. The predicted octanol–water partition coefficient (Wildman–Crippen LogP) is 1.57. The number of carbonyl (C=O) groups excluding carboxylic acids is 1. The number of benzene rings is 1. The predicted molar refractivity (Wildman–Crippen MR) is 98.7 cm³/mol. The van der Waals surface area contributed by atoms with E-state index in [1.807, 2.05) is 30.3 Å². The summed E-state index contributed by atoms with van der Waals surface area (Å²) in [7, 11) is 0. The molecule has 0 unspecified atom stereocenters. The molecule has 0 aliphatic rings. The molecule has 0 saturated carbocycles. The Morgan fingerprint density at radius 3 is 2.92 bits per heavy atom. The van der Waals surface area contributed by atoms with Crippen molar-refractivity contribution in [1.29, 1.82) is 0 Å². The first kappa shape index (κ1) is 18.3. The second-order valence-corrected chi connectivity index (χ2v) is 5.32. The van der Waals surface area contributed by atoms with Crippen molar-refractivity contribution in [3.8, 4) is 5.75 Å². The van der Waals surface area contributed by atoms with Gasteiger partial charge in [0.1, 0.15) is 12.4 Å². The summed E-state index contributed by atoms with van der Waals surface area (Å²) in [6, 6.07) is 13.0. The number of carbonyl (C=O) groups is 1. The summed E-state index contributed by atoms with van der Waals surface area (Å²) in [5.41, 5.74) is 7.50. The molecule has 0 fully saturated rings. The van der Waals surface area contributed by atoms with E-state index in [1.54, 1.807) is 18.3 Å². The quantitative estimate of drug-likeness (QED) is 0.384. The molecule has 0 bridgehead atoms. The number of nitrogens with one attached hydrogen (secondary N) is 2. The van der Waals surface area contributed by atoms with Crippen LogP contribution < -0.4 is 21.1 Å². The molecule has 0 spiro atoms. The first-order chi connectivity index (χ1) is 12.1. The van der Waals surface area contributed by atoms with E-state index in [4.69, 9.17) is 10.5 Å². The van der Waals surface area contributed by atoms with E-state index in [9.17, 15) is 4.79 Å². The fraction of sp³-hybridized carbons (Fsp3) is 0.278. The molecule has 7 nitrogen and oxygen atoms in total. The minimum Gasteiger partial charge on any atom is -0.492 e. The van der Waals surface area contributed by atoms with Crippen LogP contribution in [0, 0.1) is 0 Å². The van der Waals surface area contributed by atoms with Crippen LogP contribution in [0.15, 0.2) is 53.7 Å². The molecule has 2 aromatic rings. The maximum Gasteiger partial charge on any atom is 0.221 e. The number of ether oxygens (including phenoxy) is 1. The lowest BCUT2D eigenvalue weighted by molar-refractivity contribution is -0.114. The van der Waals surface area contributed by atoms with E-state index in [1.165, 1.54) is 6.92 Å². The Hall–Kier alpha value is -3.09. The zero-order valence-corrected chi connectivity index (χ0v) is 14.2. The average Bonchev–Trinajstić information content (AvgIpc) is 2.59. The van der Waals surface area contributed by atoms with E-state index in [-0.39, 0.29) is 5.91 Å². The molecule has 0 aliphatic carbocycles. The zero-order chi connectivity index (χ0) is 17.9. The first-order valence-corrected chi connectivity index (χ1v) is 8.07. The number of aromatic nitrogens is 1. The first-order valence-electron chi connectivity index (χ1n) is 8.07. The summed E-state index contributed by atoms with van der Waals surface area (Å²) < 4.78 is 5.62. The van der Waals surface area contributed by atoms with Crippen LogP contribution in [0.4, 0.5) is 5.69 Å². The summed E-state index contributed by atoms with van der Waals surface area (Å²) in [6.45, 7) is 3.01. The van der Waals surface area contributed by atoms with Crippen molar-refractivity contribution in [2.45, 2.75) is 13.3 Å². The molecule has 1 heterocycles. The van der Waals surface area contributed by atoms with Gasteiger partial charge in [-0.25, -0.2) is 0 Å². The van der Waals surface area contributed by atoms with Gasteiger partial charge in [-0.15, -0.1) is 0 Å². The zero-order valence-electron chi connectivity index (χ0n) is 14.2. The molecule has 0 radical (unpaired) electrons. The Balaban J connectivity index is 1.66. The maximum atomic E-state index is 11.0. The van der Waals surface area contributed by atoms with Crippen LogP contribution >= 0.6 is 0 Å². The molecular formula is C18H23N5O2. The van der Waals surface area contributed by atoms with Gasteiger partial charge in [-0.05, 0) is 24.3 Å². The highest BCUT2D eigenvalue weighted by atomic mass is 16.5. The molecule has 4 N–H and O–H groups in total. The van der Waals surface area contributed by atoms with Gasteiger partial charge in [-0.2, -0.15) is 0 Å². The number of anilines is 1. The lowest BCUT2D eigenvalue weighted by Crippen LogP contribution is -2.35. The number of pyridine rings is 1. The van der Waals surface area contributed by atoms with Gasteiger partial charge in [0.2, 0.25) is 5.91 Å². The van der Waals surface area contributed by atoms with Crippen LogP contribution in [0.25, 0.3) is 0 Å². The molecule has 0 saturated heterocycles. The van der Waals surface area contributed by atoms with Crippen LogP contribution in [0.1, 0.15) is 12.6 Å². The Morgan fingerprint density at radius 2 is 2.16 bits per heavy atom. The van der Waals surface area contributed by atoms with Crippen molar-refractivity contribution in [2.24, 2.45) is 10.7 Å². The second kappa shape index (κ2) is 9.92. The van der Waals surface area contributed by atoms with Gasteiger partial charge < -0.3 is 21.1 Å². The van der Waals surface area contributed by atoms with Gasteiger partial charge in [0.15, 0.2) is 5.96 Å². The molecule has 0 atom stereocenters. The third kappa shape index (κ3) is 7.34. The van der Waals surface area contributed by atoms with Crippen molar-refractivity contribution < 1.29 is 9.53 Å². The Bertz CT molecular complexity index is 704. The average molecular weight is 341 g/mol. The Labute approximate surface area is 147 Å². The van der Waals surface area contributed by atoms with Crippen molar-refractivity contribution in [3.05, 3.63) is 54.4 Å². The van der Waals surface area contributed by atoms with Crippen molar-refractivity contribution in [3.63, 3.8) is 0 Å². The molecule has 0 aliphatic heterocycles. The highest BCUT2D eigenvalue weighted by Crippen LogP contribution is 2.16. The molecule has 1 amide bonds. The smallest absolute Gasteiger partial charge is 0.221 e. The SMILES string of the molecule is CC(=O)Nc1cccc(OCCNC(N)=NCCc2ccccn2)c1. The van der Waals surface area contributed by atoms with Crippen LogP contribution in [0.2, 0.25) is 0 Å². The van der Waals surface area contributed by atoms with Crippen molar-refractivity contribution >= 4 is 17.6 Å². The highest BCUT2D eigenvalue weighted by molar-refractivity contribution is 5.88. The van der Waals surface area contributed by atoms with Gasteiger partial charge >= 0.3 is 0 Å². The highest BCUT2D eigenvalue weighted by Gasteiger charge is 1.99. The van der Waals surface area contributed by atoms with E-state index in [0.717, 1.165) is 12.1 Å². The van der Waals surface area contributed by atoms with Crippen LogP contribution in [-0.4, -0.2) is 36.5 Å². The van der Waals surface area contributed by atoms with Crippen LogP contribution in [0.5, 0.6) is 5.75 Å². The summed E-state index contributed by atoms with van der Waals surface area (Å²) in [5, 5.41) is 5.71. The fourth-order valence-electron chi connectivity index (χ4n) is 2.11. The summed E-state index contributed by atoms with van der Waals surface area (Å²) in [4.78, 5) is 19.5. The normalized spacial score (nSPS) is 11.0. The van der Waals surface area contributed by atoms with Crippen molar-refractivity contribution in [2.75, 3.05) is 25.0 Å². The minimum atomic E-state index is -0.117. The third-order valence-corrected chi connectivity index (χ3v) is 3.21. The molecule has 1 aromatic carbocycles. The number of hydrogen-bond acceptors (Lipinski definition) is 4. The molecule has 25 heavy (non-hydrogen) atoms. The number of hydrogen-bond donors (Lipinski definition) is 3. The molecular weight excluding hydrogens is 318 g/mol. The van der Waals surface area contributed by atoms with Gasteiger partial charge in [0, 0.05) is 43.5 Å². The molecule has 1 aromatic heterocycles. The topological polar surface area (TPSA) is 102 Å². The molecule has 132 valence electrons. The van der Waals surface area contributed by atoms with E-state index in [2.05, 4.69) is 20.6 Å². The van der Waals surface area contributed by atoms with Gasteiger partial charge in [0.05, 0.1) is 6.54 Å². The number of aliphatic imine (C=N–C) groups is 1. The van der Waals surface area contributed by atoms with Gasteiger partial charge in [-0.1, -0.05) is 12.1 Å². The summed E-state index contributed by atoms with van der Waals surface area (Å²) >= 11 is 0. The maximum absolute atomic E-state index is 11.0. The van der Waals surface area contributed by atoms with E-state index >= 15 is 0 Å². The summed E-state index contributed by atoms with van der Waals surface area (Å²) in [6.07, 6.45) is 2.51. The van der Waals surface area contributed by atoms with E-state index < -0.39 is 0 Å². The van der Waals surface area contributed by atoms with E-state index in [0.29, 0.717) is 37.1 Å². The molecule has 7 heteroatoms.